The van der Waals surface area contributed by atoms with Crippen LogP contribution in [0.3, 0.4) is 0 Å². The SMILES string of the molecule is CC(=O)S[C@@H]1O[C@H](CO)[C@H](O)[C@H](n2cc(-c3cc(F)c(F)c(F)c3)nn2)[C@H]1O. The fourth-order valence-corrected chi connectivity index (χ4v) is 3.73. The Bertz CT molecular complexity index is 860. The Balaban J connectivity index is 1.94. The van der Waals surface area contributed by atoms with Crippen molar-refractivity contribution in [2.24, 2.45) is 0 Å². The van der Waals surface area contributed by atoms with E-state index >= 15 is 0 Å². The van der Waals surface area contributed by atoms with Crippen LogP contribution in [0.25, 0.3) is 11.3 Å². The molecule has 1 aliphatic heterocycles. The van der Waals surface area contributed by atoms with Crippen LogP contribution in [0.4, 0.5) is 13.2 Å². The predicted octanol–water partition coefficient (Wildman–Crippen LogP) is 0.622. The number of halogens is 3. The lowest BCUT2D eigenvalue weighted by atomic mass is 9.97. The standard InChI is InChI=1S/C16H16F3N3O5S/c1-6(24)28-16-15(26)13(14(25)11(5-23)27-16)22-4-10(20-21-22)7-2-8(17)12(19)9(18)3-7/h2-4,11,13-16,23,25-26H,5H2,1H3/t11-,13+,14+,15-,16+/m1/s1. The fourth-order valence-electron chi connectivity index (χ4n) is 2.90. The average Bonchev–Trinajstić information content (AvgIpc) is 3.11. The van der Waals surface area contributed by atoms with Gasteiger partial charge in [-0.25, -0.2) is 17.9 Å². The van der Waals surface area contributed by atoms with Gasteiger partial charge in [0.25, 0.3) is 0 Å². The molecule has 1 aromatic heterocycles. The second-order valence-electron chi connectivity index (χ2n) is 6.14. The molecule has 28 heavy (non-hydrogen) atoms. The molecule has 0 saturated carbocycles. The van der Waals surface area contributed by atoms with Crippen LogP contribution >= 0.6 is 11.8 Å². The van der Waals surface area contributed by atoms with E-state index < -0.39 is 53.8 Å². The molecule has 0 unspecified atom stereocenters. The molecular weight excluding hydrogens is 403 g/mol. The molecule has 5 atom stereocenters. The molecule has 1 aliphatic rings. The monoisotopic (exact) mass is 419 g/mol. The van der Waals surface area contributed by atoms with Gasteiger partial charge in [-0.3, -0.25) is 4.79 Å². The molecule has 0 spiro atoms. The van der Waals surface area contributed by atoms with E-state index in [0.717, 1.165) is 16.8 Å². The Morgan fingerprint density at radius 1 is 1.25 bits per heavy atom. The second-order valence-corrected chi connectivity index (χ2v) is 7.42. The number of nitrogens with zero attached hydrogens (tertiary/aromatic N) is 3. The number of hydrogen-bond donors (Lipinski definition) is 3. The van der Waals surface area contributed by atoms with Crippen molar-refractivity contribution in [3.63, 3.8) is 0 Å². The minimum absolute atomic E-state index is 0.0417. The topological polar surface area (TPSA) is 118 Å². The van der Waals surface area contributed by atoms with E-state index in [1.165, 1.54) is 13.1 Å². The molecule has 1 aromatic carbocycles. The van der Waals surface area contributed by atoms with Crippen LogP contribution in [0.2, 0.25) is 0 Å². The molecule has 12 heteroatoms. The number of hydrogen-bond acceptors (Lipinski definition) is 8. The summed E-state index contributed by atoms with van der Waals surface area (Å²) in [6, 6.07) is 0.294. The molecule has 152 valence electrons. The highest BCUT2D eigenvalue weighted by molar-refractivity contribution is 8.14. The summed E-state index contributed by atoms with van der Waals surface area (Å²) in [6.07, 6.45) is -2.75. The molecule has 0 radical (unpaired) electrons. The van der Waals surface area contributed by atoms with E-state index in [1.54, 1.807) is 0 Å². The zero-order valence-electron chi connectivity index (χ0n) is 14.4. The number of ether oxygens (including phenoxy) is 1. The maximum Gasteiger partial charge on any atom is 0.194 e. The van der Waals surface area contributed by atoms with Gasteiger partial charge in [0, 0.05) is 12.5 Å². The highest BCUT2D eigenvalue weighted by atomic mass is 32.2. The van der Waals surface area contributed by atoms with Crippen molar-refractivity contribution in [1.29, 1.82) is 0 Å². The number of aliphatic hydroxyl groups excluding tert-OH is 3. The lowest BCUT2D eigenvalue weighted by molar-refractivity contribution is -0.178. The third kappa shape index (κ3) is 3.91. The van der Waals surface area contributed by atoms with Gasteiger partial charge >= 0.3 is 0 Å². The highest BCUT2D eigenvalue weighted by Crippen LogP contribution is 2.35. The molecule has 0 bridgehead atoms. The summed E-state index contributed by atoms with van der Waals surface area (Å²) >= 11 is 0.676. The number of aliphatic hydroxyl groups is 3. The van der Waals surface area contributed by atoms with E-state index in [2.05, 4.69) is 10.3 Å². The first-order chi connectivity index (χ1) is 13.2. The molecule has 2 heterocycles. The number of benzene rings is 1. The first-order valence-corrected chi connectivity index (χ1v) is 8.97. The van der Waals surface area contributed by atoms with Gasteiger partial charge in [-0.1, -0.05) is 17.0 Å². The van der Waals surface area contributed by atoms with E-state index in [4.69, 9.17) is 4.74 Å². The van der Waals surface area contributed by atoms with Crippen molar-refractivity contribution in [1.82, 2.24) is 15.0 Å². The number of carbonyl (C=O) groups is 1. The number of rotatable bonds is 4. The maximum absolute atomic E-state index is 13.5. The van der Waals surface area contributed by atoms with Gasteiger partial charge in [-0.2, -0.15) is 0 Å². The summed E-state index contributed by atoms with van der Waals surface area (Å²) in [4.78, 5) is 11.4. The van der Waals surface area contributed by atoms with Crippen molar-refractivity contribution in [2.75, 3.05) is 6.61 Å². The lowest BCUT2D eigenvalue weighted by Gasteiger charge is -2.41. The number of carbonyl (C=O) groups excluding carboxylic acids is 1. The third-order valence-corrected chi connectivity index (χ3v) is 5.18. The van der Waals surface area contributed by atoms with Gasteiger partial charge < -0.3 is 20.1 Å². The van der Waals surface area contributed by atoms with Gasteiger partial charge in [0.05, 0.1) is 12.8 Å². The summed E-state index contributed by atoms with van der Waals surface area (Å²) in [6.45, 7) is 0.676. The van der Waals surface area contributed by atoms with Crippen molar-refractivity contribution >= 4 is 16.9 Å². The van der Waals surface area contributed by atoms with Crippen molar-refractivity contribution in [3.8, 4) is 11.3 Å². The molecule has 3 rings (SSSR count). The lowest BCUT2D eigenvalue weighted by Crippen LogP contribution is -2.55. The normalized spacial score (nSPS) is 27.8. The van der Waals surface area contributed by atoms with Crippen LogP contribution in [-0.4, -0.2) is 65.8 Å². The van der Waals surface area contributed by atoms with Crippen LogP contribution in [0, 0.1) is 17.5 Å². The Hall–Kier alpha value is -1.99. The zero-order chi connectivity index (χ0) is 20.6. The van der Waals surface area contributed by atoms with Gasteiger partial charge in [-0.05, 0) is 12.1 Å². The quantitative estimate of drug-likeness (QED) is 0.618. The van der Waals surface area contributed by atoms with Crippen LogP contribution in [0.15, 0.2) is 18.3 Å². The molecule has 1 saturated heterocycles. The first kappa shape index (κ1) is 20.7. The van der Waals surface area contributed by atoms with E-state index in [0.29, 0.717) is 11.8 Å². The minimum Gasteiger partial charge on any atom is -0.394 e. The highest BCUT2D eigenvalue weighted by Gasteiger charge is 2.46. The number of aromatic nitrogens is 3. The Morgan fingerprint density at radius 2 is 1.89 bits per heavy atom. The maximum atomic E-state index is 13.5. The summed E-state index contributed by atoms with van der Waals surface area (Å²) in [5.41, 5.74) is -1.23. The van der Waals surface area contributed by atoms with E-state index in [1.807, 2.05) is 0 Å². The average molecular weight is 419 g/mol. The van der Waals surface area contributed by atoms with Crippen molar-refractivity contribution < 1.29 is 38.0 Å². The Labute approximate surface area is 160 Å². The summed E-state index contributed by atoms with van der Waals surface area (Å²) in [7, 11) is 0. The summed E-state index contributed by atoms with van der Waals surface area (Å²) in [5.74, 6) is -4.44. The first-order valence-electron chi connectivity index (χ1n) is 8.09. The Kier molecular flexibility index (Phi) is 6.05. The van der Waals surface area contributed by atoms with E-state index in [9.17, 15) is 33.3 Å². The van der Waals surface area contributed by atoms with Crippen molar-refractivity contribution in [3.05, 3.63) is 35.8 Å². The largest absolute Gasteiger partial charge is 0.394 e. The van der Waals surface area contributed by atoms with E-state index in [-0.39, 0.29) is 16.4 Å². The van der Waals surface area contributed by atoms with Crippen LogP contribution in [0.5, 0.6) is 0 Å². The molecule has 0 aliphatic carbocycles. The second kappa shape index (κ2) is 8.17. The number of thioether (sulfide) groups is 1. The Morgan fingerprint density at radius 3 is 2.46 bits per heavy atom. The smallest absolute Gasteiger partial charge is 0.194 e. The minimum atomic E-state index is -1.62. The molecule has 0 amide bonds. The zero-order valence-corrected chi connectivity index (χ0v) is 15.2. The van der Waals surface area contributed by atoms with Crippen LogP contribution in [0.1, 0.15) is 13.0 Å². The van der Waals surface area contributed by atoms with Gasteiger partial charge in [0.1, 0.15) is 35.5 Å². The molecule has 3 N–H and O–H groups in total. The molecule has 1 fully saturated rings. The molecule has 8 nitrogen and oxygen atoms in total. The van der Waals surface area contributed by atoms with Crippen molar-refractivity contribution in [2.45, 2.75) is 36.7 Å². The summed E-state index contributed by atoms with van der Waals surface area (Å²) in [5, 5.41) is 37.5. The third-order valence-electron chi connectivity index (χ3n) is 4.23. The summed E-state index contributed by atoms with van der Waals surface area (Å²) < 4.78 is 46.4. The van der Waals surface area contributed by atoms with Gasteiger partial charge in [-0.15, -0.1) is 5.10 Å². The van der Waals surface area contributed by atoms with Crippen LogP contribution < -0.4 is 0 Å². The predicted molar refractivity (Wildman–Crippen MR) is 90.4 cm³/mol. The van der Waals surface area contributed by atoms with Gasteiger partial charge in [0.15, 0.2) is 22.6 Å². The molecular formula is C16H16F3N3O5S. The van der Waals surface area contributed by atoms with Gasteiger partial charge in [0.2, 0.25) is 0 Å². The fraction of sp³-hybridized carbons (Fsp3) is 0.438. The van der Waals surface area contributed by atoms with Crippen LogP contribution in [-0.2, 0) is 9.53 Å². The molecule has 2 aromatic rings.